The standard InChI is InChI=1S/C19H36N2/c1-13(2)9-20-11-19(12-21-10-14(3)4)17(7)15(5)16(6)18(19)8/h13-14,20-21H,9-12H2,1-8H3. The first-order chi connectivity index (χ1) is 9.72. The summed E-state index contributed by atoms with van der Waals surface area (Å²) in [5, 5.41) is 7.40. The van der Waals surface area contributed by atoms with Crippen molar-refractivity contribution in [3.05, 3.63) is 22.3 Å². The van der Waals surface area contributed by atoms with Crippen LogP contribution in [-0.4, -0.2) is 26.2 Å². The molecule has 1 aliphatic carbocycles. The van der Waals surface area contributed by atoms with Crippen molar-refractivity contribution in [1.82, 2.24) is 10.6 Å². The summed E-state index contributed by atoms with van der Waals surface area (Å²) in [7, 11) is 0. The molecule has 122 valence electrons. The average molecular weight is 293 g/mol. The van der Waals surface area contributed by atoms with Crippen molar-refractivity contribution in [3.8, 4) is 0 Å². The summed E-state index contributed by atoms with van der Waals surface area (Å²) in [6, 6.07) is 0. The van der Waals surface area contributed by atoms with Crippen molar-refractivity contribution in [3.63, 3.8) is 0 Å². The molecule has 2 N–H and O–H groups in total. The Bertz CT molecular complexity index is 373. The normalized spacial score (nSPS) is 18.6. The van der Waals surface area contributed by atoms with Crippen LogP contribution in [0.5, 0.6) is 0 Å². The zero-order chi connectivity index (χ0) is 16.2. The lowest BCUT2D eigenvalue weighted by Crippen LogP contribution is -2.44. The van der Waals surface area contributed by atoms with Gasteiger partial charge in [-0.25, -0.2) is 0 Å². The lowest BCUT2D eigenvalue weighted by Gasteiger charge is -2.35. The fraction of sp³-hybridized carbons (Fsp3) is 0.789. The molecule has 0 aliphatic heterocycles. The number of allylic oxidation sites excluding steroid dienone is 2. The maximum absolute atomic E-state index is 3.70. The van der Waals surface area contributed by atoms with E-state index in [9.17, 15) is 0 Å². The SMILES string of the molecule is CC1=C(C)C(CNCC(C)C)(CNCC(C)C)C(C)=C1C. The summed E-state index contributed by atoms with van der Waals surface area (Å²) in [6.45, 7) is 22.6. The summed E-state index contributed by atoms with van der Waals surface area (Å²) < 4.78 is 0. The maximum atomic E-state index is 3.70. The first kappa shape index (κ1) is 18.4. The van der Waals surface area contributed by atoms with E-state index in [2.05, 4.69) is 66.0 Å². The van der Waals surface area contributed by atoms with Gasteiger partial charge in [-0.2, -0.15) is 0 Å². The van der Waals surface area contributed by atoms with Crippen LogP contribution >= 0.6 is 0 Å². The Morgan fingerprint density at radius 2 is 1.05 bits per heavy atom. The quantitative estimate of drug-likeness (QED) is 0.702. The van der Waals surface area contributed by atoms with Gasteiger partial charge in [-0.3, -0.25) is 0 Å². The summed E-state index contributed by atoms with van der Waals surface area (Å²) in [6.07, 6.45) is 0. The van der Waals surface area contributed by atoms with Gasteiger partial charge in [-0.15, -0.1) is 0 Å². The predicted molar refractivity (Wildman–Crippen MR) is 94.6 cm³/mol. The zero-order valence-electron chi connectivity index (χ0n) is 15.5. The molecule has 0 saturated heterocycles. The molecule has 0 radical (unpaired) electrons. The number of hydrogen-bond donors (Lipinski definition) is 2. The van der Waals surface area contributed by atoms with Crippen molar-refractivity contribution < 1.29 is 0 Å². The third-order valence-electron chi connectivity index (χ3n) is 5.08. The Kier molecular flexibility index (Phi) is 6.68. The smallest absolute Gasteiger partial charge is 0.0376 e. The third-order valence-corrected chi connectivity index (χ3v) is 5.08. The fourth-order valence-electron chi connectivity index (χ4n) is 3.30. The van der Waals surface area contributed by atoms with Crippen LogP contribution in [0.1, 0.15) is 55.4 Å². The van der Waals surface area contributed by atoms with Crippen molar-refractivity contribution in [2.45, 2.75) is 55.4 Å². The van der Waals surface area contributed by atoms with E-state index in [-0.39, 0.29) is 5.41 Å². The Labute approximate surface area is 132 Å². The summed E-state index contributed by atoms with van der Waals surface area (Å²) in [5.74, 6) is 1.39. The van der Waals surface area contributed by atoms with Gasteiger partial charge in [0.05, 0.1) is 0 Å². The second kappa shape index (κ2) is 7.60. The largest absolute Gasteiger partial charge is 0.315 e. The van der Waals surface area contributed by atoms with E-state index in [1.807, 2.05) is 0 Å². The highest BCUT2D eigenvalue weighted by molar-refractivity contribution is 5.51. The fourth-order valence-corrected chi connectivity index (χ4v) is 3.30. The van der Waals surface area contributed by atoms with Crippen LogP contribution in [0.4, 0.5) is 0 Å². The van der Waals surface area contributed by atoms with E-state index in [4.69, 9.17) is 0 Å². The molecule has 0 atom stereocenters. The Morgan fingerprint density at radius 3 is 1.33 bits per heavy atom. The molecule has 0 fully saturated rings. The second-order valence-corrected chi connectivity index (χ2v) is 7.63. The van der Waals surface area contributed by atoms with Gasteiger partial charge in [0.15, 0.2) is 0 Å². The van der Waals surface area contributed by atoms with Gasteiger partial charge in [0.1, 0.15) is 0 Å². The summed E-state index contributed by atoms with van der Waals surface area (Å²) >= 11 is 0. The zero-order valence-corrected chi connectivity index (χ0v) is 15.5. The van der Waals surface area contributed by atoms with Crippen molar-refractivity contribution in [2.24, 2.45) is 17.3 Å². The Balaban J connectivity index is 2.90. The minimum Gasteiger partial charge on any atom is -0.315 e. The average Bonchev–Trinajstić information content (AvgIpc) is 2.54. The minimum atomic E-state index is 0.165. The van der Waals surface area contributed by atoms with Crippen LogP contribution in [0.3, 0.4) is 0 Å². The molecule has 0 aromatic carbocycles. The van der Waals surface area contributed by atoms with E-state index < -0.39 is 0 Å². The van der Waals surface area contributed by atoms with E-state index >= 15 is 0 Å². The van der Waals surface area contributed by atoms with Gasteiger partial charge in [-0.1, -0.05) is 38.8 Å². The van der Waals surface area contributed by atoms with Gasteiger partial charge in [0, 0.05) is 18.5 Å². The molecule has 2 heteroatoms. The van der Waals surface area contributed by atoms with Crippen molar-refractivity contribution >= 4 is 0 Å². The van der Waals surface area contributed by atoms with Crippen LogP contribution in [0.15, 0.2) is 22.3 Å². The number of rotatable bonds is 8. The molecule has 1 rings (SSSR count). The second-order valence-electron chi connectivity index (χ2n) is 7.63. The first-order valence-electron chi connectivity index (χ1n) is 8.50. The predicted octanol–water partition coefficient (Wildman–Crippen LogP) is 4.15. The lowest BCUT2D eigenvalue weighted by molar-refractivity contribution is 0.355. The molecule has 0 saturated carbocycles. The highest BCUT2D eigenvalue weighted by Gasteiger charge is 2.39. The highest BCUT2D eigenvalue weighted by atomic mass is 14.9. The summed E-state index contributed by atoms with van der Waals surface area (Å²) in [4.78, 5) is 0. The molecule has 0 aromatic rings. The van der Waals surface area contributed by atoms with Gasteiger partial charge in [0.25, 0.3) is 0 Å². The molecular formula is C19H36N2. The van der Waals surface area contributed by atoms with E-state index in [0.717, 1.165) is 26.2 Å². The minimum absolute atomic E-state index is 0.165. The van der Waals surface area contributed by atoms with Crippen molar-refractivity contribution in [2.75, 3.05) is 26.2 Å². The third kappa shape index (κ3) is 4.20. The molecule has 0 spiro atoms. The molecule has 21 heavy (non-hydrogen) atoms. The van der Waals surface area contributed by atoms with Gasteiger partial charge in [-0.05, 0) is 63.8 Å². The van der Waals surface area contributed by atoms with Crippen LogP contribution < -0.4 is 10.6 Å². The van der Waals surface area contributed by atoms with Crippen LogP contribution in [0.25, 0.3) is 0 Å². The molecule has 0 bridgehead atoms. The topological polar surface area (TPSA) is 24.1 Å². The van der Waals surface area contributed by atoms with Gasteiger partial charge in [0.2, 0.25) is 0 Å². The van der Waals surface area contributed by atoms with Crippen LogP contribution in [0, 0.1) is 17.3 Å². The molecular weight excluding hydrogens is 256 g/mol. The highest BCUT2D eigenvalue weighted by Crippen LogP contribution is 2.46. The monoisotopic (exact) mass is 292 g/mol. The summed E-state index contributed by atoms with van der Waals surface area (Å²) in [5.41, 5.74) is 6.24. The molecule has 0 heterocycles. The Morgan fingerprint density at radius 1 is 0.714 bits per heavy atom. The van der Waals surface area contributed by atoms with E-state index in [1.165, 1.54) is 11.1 Å². The molecule has 2 nitrogen and oxygen atoms in total. The molecule has 1 aliphatic rings. The van der Waals surface area contributed by atoms with Gasteiger partial charge < -0.3 is 10.6 Å². The number of nitrogens with one attached hydrogen (secondary N) is 2. The van der Waals surface area contributed by atoms with E-state index in [1.54, 1.807) is 11.1 Å². The van der Waals surface area contributed by atoms with Crippen molar-refractivity contribution in [1.29, 1.82) is 0 Å². The van der Waals surface area contributed by atoms with E-state index in [0.29, 0.717) is 11.8 Å². The maximum Gasteiger partial charge on any atom is 0.0376 e. The van der Waals surface area contributed by atoms with Gasteiger partial charge >= 0.3 is 0 Å². The van der Waals surface area contributed by atoms with Crippen LogP contribution in [-0.2, 0) is 0 Å². The molecule has 0 amide bonds. The lowest BCUT2D eigenvalue weighted by atomic mass is 9.76. The Hall–Kier alpha value is -0.600. The van der Waals surface area contributed by atoms with Crippen LogP contribution in [0.2, 0.25) is 0 Å². The number of hydrogen-bond acceptors (Lipinski definition) is 2. The molecule has 0 unspecified atom stereocenters. The molecule has 0 aromatic heterocycles. The first-order valence-corrected chi connectivity index (χ1v) is 8.50.